The third kappa shape index (κ3) is 4.25. The molecule has 8 heteroatoms. The Hall–Kier alpha value is -1.77. The van der Waals surface area contributed by atoms with E-state index in [1.165, 1.54) is 0 Å². The summed E-state index contributed by atoms with van der Waals surface area (Å²) < 4.78 is 17.7. The molecule has 0 unspecified atom stereocenters. The second-order valence-electron chi connectivity index (χ2n) is 8.89. The van der Waals surface area contributed by atoms with Gasteiger partial charge in [0.1, 0.15) is 11.7 Å². The van der Waals surface area contributed by atoms with E-state index in [-0.39, 0.29) is 11.5 Å². The zero-order valence-corrected chi connectivity index (χ0v) is 17.9. The summed E-state index contributed by atoms with van der Waals surface area (Å²) in [6, 6.07) is 1.97. The average molecular weight is 405 g/mol. The molecule has 0 aromatic carbocycles. The zero-order chi connectivity index (χ0) is 20.6. The van der Waals surface area contributed by atoms with Crippen molar-refractivity contribution in [3.63, 3.8) is 0 Å². The van der Waals surface area contributed by atoms with E-state index >= 15 is 0 Å². The quantitative estimate of drug-likeness (QED) is 0.755. The second-order valence-corrected chi connectivity index (χ2v) is 8.89. The highest BCUT2D eigenvalue weighted by Crippen LogP contribution is 2.34. The van der Waals surface area contributed by atoms with Gasteiger partial charge >= 0.3 is 0 Å². The lowest BCUT2D eigenvalue weighted by atomic mass is 9.92. The predicted octanol–water partition coefficient (Wildman–Crippen LogP) is 1.49. The molecular weight excluding hydrogens is 372 g/mol. The summed E-state index contributed by atoms with van der Waals surface area (Å²) in [5.41, 5.74) is 1.30. The van der Waals surface area contributed by atoms with Gasteiger partial charge in [0.25, 0.3) is 5.91 Å². The maximum atomic E-state index is 13.0. The molecule has 3 aliphatic heterocycles. The first-order valence-electron chi connectivity index (χ1n) is 10.5. The van der Waals surface area contributed by atoms with Gasteiger partial charge in [-0.05, 0) is 39.7 Å². The first kappa shape index (κ1) is 20.5. The molecule has 160 valence electrons. The Morgan fingerprint density at radius 1 is 1.21 bits per heavy atom. The fraction of sp³-hybridized carbons (Fsp3) is 0.762. The van der Waals surface area contributed by atoms with Gasteiger partial charge in [-0.25, -0.2) is 9.97 Å². The molecule has 2 atom stereocenters. The summed E-state index contributed by atoms with van der Waals surface area (Å²) in [6.07, 6.45) is 1.83. The molecule has 1 aromatic heterocycles. The number of likely N-dealkylation sites (tertiary alicyclic amines) is 1. The molecule has 3 aliphatic rings. The molecule has 3 saturated heterocycles. The summed E-state index contributed by atoms with van der Waals surface area (Å²) in [5, 5.41) is 0. The van der Waals surface area contributed by atoms with E-state index in [1.54, 1.807) is 7.11 Å². The maximum absolute atomic E-state index is 13.0. The van der Waals surface area contributed by atoms with Crippen LogP contribution in [-0.4, -0.2) is 84.6 Å². The van der Waals surface area contributed by atoms with Gasteiger partial charge in [0.15, 0.2) is 0 Å². The minimum Gasteiger partial charge on any atom is -0.378 e. The van der Waals surface area contributed by atoms with Crippen LogP contribution in [0.15, 0.2) is 6.07 Å². The Kier molecular flexibility index (Phi) is 5.52. The number of amides is 1. The van der Waals surface area contributed by atoms with Crippen LogP contribution in [0, 0.1) is 13.8 Å². The molecule has 0 radical (unpaired) electrons. The van der Waals surface area contributed by atoms with Gasteiger partial charge in [0, 0.05) is 44.6 Å². The number of carbonyl (C=O) groups is 1. The number of aromatic nitrogens is 2. The van der Waals surface area contributed by atoms with Crippen LogP contribution in [0.1, 0.15) is 37.6 Å². The van der Waals surface area contributed by atoms with Crippen molar-refractivity contribution in [2.75, 3.05) is 51.4 Å². The van der Waals surface area contributed by atoms with E-state index in [1.807, 2.05) is 24.8 Å². The van der Waals surface area contributed by atoms with E-state index in [0.29, 0.717) is 39.3 Å². The van der Waals surface area contributed by atoms with E-state index in [0.717, 1.165) is 36.7 Å². The van der Waals surface area contributed by atoms with E-state index < -0.39 is 11.7 Å². The largest absolute Gasteiger partial charge is 0.378 e. The van der Waals surface area contributed by atoms with E-state index in [9.17, 15) is 4.79 Å². The summed E-state index contributed by atoms with van der Waals surface area (Å²) >= 11 is 0. The number of hydrogen-bond donors (Lipinski definition) is 0. The summed E-state index contributed by atoms with van der Waals surface area (Å²) in [7, 11) is 1.74. The van der Waals surface area contributed by atoms with E-state index in [4.69, 9.17) is 14.2 Å². The van der Waals surface area contributed by atoms with Gasteiger partial charge in [0.05, 0.1) is 25.4 Å². The molecule has 4 rings (SSSR count). The lowest BCUT2D eigenvalue weighted by Gasteiger charge is -2.40. The number of carbonyl (C=O) groups excluding carboxylic acids is 1. The van der Waals surface area contributed by atoms with Crippen molar-refractivity contribution in [2.24, 2.45) is 0 Å². The van der Waals surface area contributed by atoms with Crippen molar-refractivity contribution < 1.29 is 19.0 Å². The number of methoxy groups -OCH3 is 1. The number of hydrogen-bond acceptors (Lipinski definition) is 7. The molecule has 1 spiro atoms. The molecule has 1 aromatic rings. The Bertz CT molecular complexity index is 745. The number of anilines is 1. The topological polar surface area (TPSA) is 77.0 Å². The SMILES string of the molecule is COC1(C)CCN(C(=O)[C@H]2C[C@]3(CO2)CN(c2nc(C)cc(C)n2)CCO3)CC1. The summed E-state index contributed by atoms with van der Waals surface area (Å²) in [5.74, 6) is 0.804. The van der Waals surface area contributed by atoms with Crippen molar-refractivity contribution in [3.05, 3.63) is 17.5 Å². The lowest BCUT2D eigenvalue weighted by molar-refractivity contribution is -0.145. The fourth-order valence-corrected chi connectivity index (χ4v) is 4.55. The van der Waals surface area contributed by atoms with Gasteiger partial charge in [-0.15, -0.1) is 0 Å². The normalized spacial score (nSPS) is 29.4. The van der Waals surface area contributed by atoms with E-state index in [2.05, 4.69) is 21.8 Å². The molecule has 8 nitrogen and oxygen atoms in total. The minimum atomic E-state index is -0.476. The van der Waals surface area contributed by atoms with Crippen molar-refractivity contribution in [3.8, 4) is 0 Å². The molecule has 4 heterocycles. The second kappa shape index (κ2) is 7.81. The number of morpholine rings is 1. The minimum absolute atomic E-state index is 0.0726. The van der Waals surface area contributed by atoms with Gasteiger partial charge < -0.3 is 24.0 Å². The standard InChI is InChI=1S/C21H32N4O4/c1-15-11-16(2)23-19(22-15)25-9-10-29-21(13-25)12-17(28-14-21)18(26)24-7-5-20(3,27-4)6-8-24/h11,17H,5-10,12-14H2,1-4H3/t17-,21-/m1/s1. The van der Waals surface area contributed by atoms with Crippen LogP contribution in [0.25, 0.3) is 0 Å². The van der Waals surface area contributed by atoms with Crippen LogP contribution in [0.3, 0.4) is 0 Å². The van der Waals surface area contributed by atoms with Gasteiger partial charge in [0.2, 0.25) is 5.95 Å². The Morgan fingerprint density at radius 3 is 2.55 bits per heavy atom. The Balaban J connectivity index is 1.40. The number of ether oxygens (including phenoxy) is 3. The van der Waals surface area contributed by atoms with Gasteiger partial charge in [-0.1, -0.05) is 0 Å². The third-order valence-corrected chi connectivity index (χ3v) is 6.51. The van der Waals surface area contributed by atoms with Crippen LogP contribution >= 0.6 is 0 Å². The van der Waals surface area contributed by atoms with Crippen LogP contribution < -0.4 is 4.90 Å². The predicted molar refractivity (Wildman–Crippen MR) is 108 cm³/mol. The lowest BCUT2D eigenvalue weighted by Crippen LogP contribution is -2.54. The van der Waals surface area contributed by atoms with Crippen molar-refractivity contribution in [1.29, 1.82) is 0 Å². The van der Waals surface area contributed by atoms with Crippen LogP contribution in [0.2, 0.25) is 0 Å². The monoisotopic (exact) mass is 404 g/mol. The Morgan fingerprint density at radius 2 is 1.90 bits per heavy atom. The summed E-state index contributed by atoms with van der Waals surface area (Å²) in [4.78, 5) is 26.3. The summed E-state index contributed by atoms with van der Waals surface area (Å²) in [6.45, 7) is 9.87. The average Bonchev–Trinajstić information content (AvgIpc) is 3.10. The van der Waals surface area contributed by atoms with Gasteiger partial charge in [-0.2, -0.15) is 0 Å². The number of rotatable bonds is 3. The number of aryl methyl sites for hydroxylation is 2. The zero-order valence-electron chi connectivity index (χ0n) is 17.9. The highest BCUT2D eigenvalue weighted by Gasteiger charge is 2.48. The molecule has 3 fully saturated rings. The molecular formula is C21H32N4O4. The molecule has 0 aliphatic carbocycles. The number of nitrogens with zero attached hydrogens (tertiary/aromatic N) is 4. The molecule has 0 saturated carbocycles. The first-order chi connectivity index (χ1) is 13.8. The van der Waals surface area contributed by atoms with Crippen LogP contribution in [0.4, 0.5) is 5.95 Å². The maximum Gasteiger partial charge on any atom is 0.251 e. The van der Waals surface area contributed by atoms with Crippen molar-refractivity contribution in [1.82, 2.24) is 14.9 Å². The smallest absolute Gasteiger partial charge is 0.251 e. The molecule has 1 amide bonds. The molecule has 0 bridgehead atoms. The van der Waals surface area contributed by atoms with Crippen LogP contribution in [-0.2, 0) is 19.0 Å². The first-order valence-corrected chi connectivity index (χ1v) is 10.5. The van der Waals surface area contributed by atoms with Crippen molar-refractivity contribution in [2.45, 2.75) is 57.3 Å². The highest BCUT2D eigenvalue weighted by atomic mass is 16.6. The van der Waals surface area contributed by atoms with Crippen molar-refractivity contribution >= 4 is 11.9 Å². The molecule has 0 N–H and O–H groups in total. The Labute approximate surface area is 172 Å². The fourth-order valence-electron chi connectivity index (χ4n) is 4.55. The molecule has 29 heavy (non-hydrogen) atoms. The highest BCUT2D eigenvalue weighted by molar-refractivity contribution is 5.81. The number of piperidine rings is 1. The van der Waals surface area contributed by atoms with Gasteiger partial charge in [-0.3, -0.25) is 4.79 Å². The third-order valence-electron chi connectivity index (χ3n) is 6.51. The van der Waals surface area contributed by atoms with Crippen LogP contribution in [0.5, 0.6) is 0 Å².